The summed E-state index contributed by atoms with van der Waals surface area (Å²) in [6.07, 6.45) is -2.60. The number of Topliss-reactive ketones (excluding diaryl/α,β-unsaturated/α-hetero) is 1. The molecule has 0 aliphatic carbocycles. The fourth-order valence-electron chi connectivity index (χ4n) is 4.49. The van der Waals surface area contributed by atoms with Gasteiger partial charge in [-0.2, -0.15) is 5.48 Å². The summed E-state index contributed by atoms with van der Waals surface area (Å²) in [7, 11) is 1.00. The van der Waals surface area contributed by atoms with Crippen LogP contribution in [0.1, 0.15) is 40.3 Å². The Morgan fingerprint density at radius 2 is 1.56 bits per heavy atom. The number of hydrogen-bond donors (Lipinski definition) is 10. The summed E-state index contributed by atoms with van der Waals surface area (Å²) < 4.78 is 10.4. The summed E-state index contributed by atoms with van der Waals surface area (Å²) in [5.74, 6) is -10.4. The van der Waals surface area contributed by atoms with Crippen LogP contribution >= 0.6 is 11.6 Å². The summed E-state index contributed by atoms with van der Waals surface area (Å²) in [6, 6.07) is -1.39. The molecule has 1 heterocycles. The van der Waals surface area contributed by atoms with Crippen molar-refractivity contribution in [2.75, 3.05) is 13.7 Å². The average molecular weight is 532 g/mol. The number of aliphatic hydroxyl groups is 3. The Labute approximate surface area is 208 Å². The van der Waals surface area contributed by atoms with Crippen molar-refractivity contribution in [1.82, 2.24) is 5.48 Å². The van der Waals surface area contributed by atoms with E-state index in [9.17, 15) is 50.9 Å². The quantitative estimate of drug-likeness (QED) is 0.105. The maximum atomic E-state index is 12.5. The molecule has 2 aromatic rings. The van der Waals surface area contributed by atoms with E-state index in [1.807, 2.05) is 5.48 Å². The lowest BCUT2D eigenvalue weighted by molar-refractivity contribution is -0.152. The van der Waals surface area contributed by atoms with Gasteiger partial charge in [0.25, 0.3) is 0 Å². The number of ketones is 1. The lowest BCUT2D eigenvalue weighted by Gasteiger charge is -2.37. The molecule has 10 N–H and O–H groups in total. The fraction of sp³-hybridized carbons (Fsp3) is 0.409. The summed E-state index contributed by atoms with van der Waals surface area (Å²) in [5, 5.41) is 92.8. The minimum Gasteiger partial charge on any atom is -0.506 e. The number of carbonyl (C=O) groups is 1. The van der Waals surface area contributed by atoms with E-state index in [1.54, 1.807) is 0 Å². The highest BCUT2D eigenvalue weighted by Crippen LogP contribution is 2.57. The van der Waals surface area contributed by atoms with Crippen LogP contribution in [0.15, 0.2) is 0 Å². The van der Waals surface area contributed by atoms with Gasteiger partial charge in [0.1, 0.15) is 23.5 Å². The first-order valence-electron chi connectivity index (χ1n) is 10.5. The average Bonchev–Trinajstić information content (AvgIpc) is 2.81. The van der Waals surface area contributed by atoms with Gasteiger partial charge in [0.15, 0.2) is 17.3 Å². The molecule has 0 saturated carbocycles. The number of hydroxylamine groups is 1. The molecule has 3 unspecified atom stereocenters. The van der Waals surface area contributed by atoms with Crippen molar-refractivity contribution < 1.29 is 60.3 Å². The third-order valence-electron chi connectivity index (χ3n) is 6.26. The maximum Gasteiger partial charge on any atom is 0.226 e. The van der Waals surface area contributed by atoms with Crippen molar-refractivity contribution in [1.29, 1.82) is 0 Å². The second kappa shape index (κ2) is 9.78. The highest BCUT2D eigenvalue weighted by atomic mass is 35.5. The van der Waals surface area contributed by atoms with Crippen LogP contribution in [-0.2, 0) is 15.3 Å². The minimum absolute atomic E-state index is 0.0163. The lowest BCUT2D eigenvalue weighted by Crippen LogP contribution is -2.49. The number of methoxy groups -OCH3 is 1. The van der Waals surface area contributed by atoms with Gasteiger partial charge >= 0.3 is 0 Å². The molecule has 0 spiro atoms. The Hall–Kier alpha value is -3.04. The van der Waals surface area contributed by atoms with Crippen LogP contribution in [-0.4, -0.2) is 77.7 Å². The SMILES string of the molecule is COc1c(O)c(O)c(C(O)(O)c2c(C)c(C3OC(CO)CC(=O)C3NO)c(C)c(O)c2Cl)c(O)c1O. The van der Waals surface area contributed by atoms with E-state index in [0.29, 0.717) is 0 Å². The molecule has 36 heavy (non-hydrogen) atoms. The third kappa shape index (κ3) is 4.04. The molecule has 0 amide bonds. The first-order chi connectivity index (χ1) is 16.8. The number of phenols is 5. The van der Waals surface area contributed by atoms with E-state index in [0.717, 1.165) is 7.11 Å². The van der Waals surface area contributed by atoms with E-state index in [-0.39, 0.29) is 23.1 Å². The Balaban J connectivity index is 2.37. The molecule has 1 saturated heterocycles. The number of ether oxygens (including phenoxy) is 2. The fourth-order valence-corrected chi connectivity index (χ4v) is 4.91. The first kappa shape index (κ1) is 27.5. The second-order valence-corrected chi connectivity index (χ2v) is 8.69. The number of carbonyl (C=O) groups excluding carboxylic acids is 1. The number of benzene rings is 2. The van der Waals surface area contributed by atoms with Gasteiger partial charge in [-0.25, -0.2) is 0 Å². The topological polar surface area (TPSA) is 230 Å². The van der Waals surface area contributed by atoms with Crippen molar-refractivity contribution in [3.05, 3.63) is 32.8 Å². The summed E-state index contributed by atoms with van der Waals surface area (Å²) in [6.45, 7) is 2.10. The number of hydrogen-bond acceptors (Lipinski definition) is 13. The highest BCUT2D eigenvalue weighted by molar-refractivity contribution is 6.33. The number of halogens is 1. The predicted molar refractivity (Wildman–Crippen MR) is 120 cm³/mol. The van der Waals surface area contributed by atoms with E-state index in [1.165, 1.54) is 13.8 Å². The van der Waals surface area contributed by atoms with Gasteiger partial charge in [0.05, 0.1) is 24.8 Å². The molecular formula is C22H26ClNO12. The molecule has 0 radical (unpaired) electrons. The summed E-state index contributed by atoms with van der Waals surface area (Å²) >= 11 is 6.25. The number of rotatable bonds is 6. The van der Waals surface area contributed by atoms with E-state index in [4.69, 9.17) is 21.1 Å². The van der Waals surface area contributed by atoms with Gasteiger partial charge in [-0.15, -0.1) is 0 Å². The van der Waals surface area contributed by atoms with Crippen LogP contribution < -0.4 is 10.2 Å². The second-order valence-electron chi connectivity index (χ2n) is 8.31. The minimum atomic E-state index is -3.48. The molecule has 3 atom stereocenters. The Kier molecular flexibility index (Phi) is 7.49. The van der Waals surface area contributed by atoms with Gasteiger partial charge in [-0.05, 0) is 30.5 Å². The van der Waals surface area contributed by atoms with Gasteiger partial charge in [-0.1, -0.05) is 11.6 Å². The Morgan fingerprint density at radius 1 is 1.00 bits per heavy atom. The maximum absolute atomic E-state index is 12.5. The largest absolute Gasteiger partial charge is 0.506 e. The summed E-state index contributed by atoms with van der Waals surface area (Å²) in [5.41, 5.74) is -0.277. The highest BCUT2D eigenvalue weighted by Gasteiger charge is 2.46. The third-order valence-corrected chi connectivity index (χ3v) is 6.63. The zero-order chi connectivity index (χ0) is 27.3. The molecular weight excluding hydrogens is 506 g/mol. The standard InChI is InChI=1S/C22H26ClNO12/c1-6-10(20-14(24-34)9(26)4-8(5-25)36-20)7(2)15(27)13(23)11(6)22(32,33)12-16(28)18(30)21(35-3)19(31)17(12)29/h8,14,20,24-25,27-34H,4-5H2,1-3H3. The Bertz CT molecular complexity index is 1190. The van der Waals surface area contributed by atoms with Crippen LogP contribution in [0.25, 0.3) is 0 Å². The monoisotopic (exact) mass is 531 g/mol. The molecule has 1 aliphatic heterocycles. The number of phenolic OH excluding ortho intramolecular Hbond substituents is 5. The zero-order valence-electron chi connectivity index (χ0n) is 19.3. The van der Waals surface area contributed by atoms with Crippen molar-refractivity contribution in [3.63, 3.8) is 0 Å². The number of aromatic hydroxyl groups is 5. The van der Waals surface area contributed by atoms with Crippen molar-refractivity contribution in [2.24, 2.45) is 0 Å². The van der Waals surface area contributed by atoms with Crippen molar-refractivity contribution in [2.45, 2.75) is 44.3 Å². The van der Waals surface area contributed by atoms with Crippen LogP contribution in [0.5, 0.6) is 34.5 Å². The van der Waals surface area contributed by atoms with Crippen molar-refractivity contribution in [3.8, 4) is 34.5 Å². The number of nitrogens with one attached hydrogen (secondary N) is 1. The molecule has 1 fully saturated rings. The molecule has 2 aromatic carbocycles. The van der Waals surface area contributed by atoms with E-state index in [2.05, 4.69) is 0 Å². The molecule has 198 valence electrons. The normalized spacial score (nSPS) is 20.6. The Morgan fingerprint density at radius 3 is 2.03 bits per heavy atom. The number of aliphatic hydroxyl groups excluding tert-OH is 1. The van der Waals surface area contributed by atoms with Crippen molar-refractivity contribution >= 4 is 17.4 Å². The van der Waals surface area contributed by atoms with Gasteiger partial charge in [0, 0.05) is 12.0 Å². The summed E-state index contributed by atoms with van der Waals surface area (Å²) in [4.78, 5) is 12.5. The smallest absolute Gasteiger partial charge is 0.226 e. The van der Waals surface area contributed by atoms with Gasteiger partial charge in [-0.3, -0.25) is 4.79 Å². The lowest BCUT2D eigenvalue weighted by atomic mass is 9.82. The van der Waals surface area contributed by atoms with Crippen LogP contribution in [0.2, 0.25) is 5.02 Å². The van der Waals surface area contributed by atoms with Gasteiger partial charge < -0.3 is 55.5 Å². The molecule has 13 nitrogen and oxygen atoms in total. The predicted octanol–water partition coefficient (Wildman–Crippen LogP) is 0.418. The molecule has 3 rings (SSSR count). The van der Waals surface area contributed by atoms with Crippen LogP contribution in [0.3, 0.4) is 0 Å². The first-order valence-corrected chi connectivity index (χ1v) is 10.8. The van der Waals surface area contributed by atoms with E-state index >= 15 is 0 Å². The molecule has 1 aliphatic rings. The molecule has 0 bridgehead atoms. The van der Waals surface area contributed by atoms with Gasteiger partial charge in [0.2, 0.25) is 23.0 Å². The van der Waals surface area contributed by atoms with Crippen LogP contribution in [0.4, 0.5) is 0 Å². The van der Waals surface area contributed by atoms with E-state index < -0.39 is 87.1 Å². The van der Waals surface area contributed by atoms with Crippen LogP contribution in [0, 0.1) is 13.8 Å². The molecule has 0 aromatic heterocycles. The zero-order valence-corrected chi connectivity index (χ0v) is 20.0. The molecule has 14 heteroatoms.